The molecule has 2 rings (SSSR count). The number of halogens is 1. The monoisotopic (exact) mass is 210 g/mol. The maximum Gasteiger partial charge on any atom is 0.0932 e. The van der Waals surface area contributed by atoms with Gasteiger partial charge in [0.25, 0.3) is 0 Å². The van der Waals surface area contributed by atoms with Crippen LogP contribution in [0.1, 0.15) is 11.7 Å². The van der Waals surface area contributed by atoms with Crippen LogP contribution in [0.15, 0.2) is 24.4 Å². The minimum atomic E-state index is -0.620. The Morgan fingerprint density at radius 2 is 2.29 bits per heavy atom. The van der Waals surface area contributed by atoms with Crippen LogP contribution in [0.3, 0.4) is 0 Å². The number of hydrogen-bond acceptors (Lipinski definition) is 2. The van der Waals surface area contributed by atoms with Gasteiger partial charge in [-0.25, -0.2) is 0 Å². The number of aromatic nitrogens is 1. The van der Waals surface area contributed by atoms with Gasteiger partial charge < -0.3 is 15.8 Å². The first kappa shape index (κ1) is 9.52. The molecule has 14 heavy (non-hydrogen) atoms. The molecule has 0 bridgehead atoms. The molecule has 0 aliphatic rings. The van der Waals surface area contributed by atoms with Gasteiger partial charge in [0.1, 0.15) is 0 Å². The first-order chi connectivity index (χ1) is 6.72. The molecule has 1 heterocycles. The number of H-pyrrole nitrogens is 1. The van der Waals surface area contributed by atoms with Crippen molar-refractivity contribution >= 4 is 22.5 Å². The lowest BCUT2D eigenvalue weighted by Gasteiger charge is -2.05. The molecule has 1 aromatic heterocycles. The first-order valence-corrected chi connectivity index (χ1v) is 4.75. The van der Waals surface area contributed by atoms with Crippen LogP contribution in [0.4, 0.5) is 0 Å². The fraction of sp³-hybridized carbons (Fsp3) is 0.200. The molecule has 0 fully saturated rings. The van der Waals surface area contributed by atoms with Gasteiger partial charge in [-0.1, -0.05) is 17.7 Å². The molecule has 0 spiro atoms. The van der Waals surface area contributed by atoms with Crippen LogP contribution in [-0.4, -0.2) is 16.6 Å². The largest absolute Gasteiger partial charge is 0.387 e. The van der Waals surface area contributed by atoms with Crippen LogP contribution in [0.5, 0.6) is 0 Å². The second-order valence-corrected chi connectivity index (χ2v) is 3.62. The molecule has 1 aromatic carbocycles. The minimum Gasteiger partial charge on any atom is -0.387 e. The number of benzene rings is 1. The van der Waals surface area contributed by atoms with Gasteiger partial charge in [-0.05, 0) is 12.1 Å². The van der Waals surface area contributed by atoms with Crippen LogP contribution >= 0.6 is 11.6 Å². The van der Waals surface area contributed by atoms with Crippen molar-refractivity contribution in [2.75, 3.05) is 6.54 Å². The second-order valence-electron chi connectivity index (χ2n) is 3.19. The molecule has 0 unspecified atom stereocenters. The summed E-state index contributed by atoms with van der Waals surface area (Å²) in [5.74, 6) is 0. The summed E-state index contributed by atoms with van der Waals surface area (Å²) in [6.45, 7) is 0.218. The normalized spacial score (nSPS) is 13.4. The van der Waals surface area contributed by atoms with E-state index in [1.54, 1.807) is 12.3 Å². The summed E-state index contributed by atoms with van der Waals surface area (Å²) >= 11 is 5.83. The van der Waals surface area contributed by atoms with E-state index in [0.29, 0.717) is 5.02 Å². The van der Waals surface area contributed by atoms with E-state index < -0.39 is 6.10 Å². The number of aliphatic hydroxyl groups excluding tert-OH is 1. The van der Waals surface area contributed by atoms with E-state index in [-0.39, 0.29) is 6.54 Å². The van der Waals surface area contributed by atoms with E-state index in [1.807, 2.05) is 12.1 Å². The van der Waals surface area contributed by atoms with Crippen molar-refractivity contribution in [1.29, 1.82) is 0 Å². The fourth-order valence-corrected chi connectivity index (χ4v) is 1.70. The van der Waals surface area contributed by atoms with Crippen molar-refractivity contribution in [3.8, 4) is 0 Å². The predicted molar refractivity (Wildman–Crippen MR) is 57.3 cm³/mol. The van der Waals surface area contributed by atoms with Crippen molar-refractivity contribution in [3.05, 3.63) is 35.0 Å². The second kappa shape index (κ2) is 3.61. The number of aliphatic hydroxyl groups is 1. The Kier molecular flexibility index (Phi) is 2.46. The van der Waals surface area contributed by atoms with Gasteiger partial charge in [-0.2, -0.15) is 0 Å². The average Bonchev–Trinajstić information content (AvgIpc) is 2.59. The topological polar surface area (TPSA) is 62.0 Å². The molecule has 74 valence electrons. The Hall–Kier alpha value is -1.03. The van der Waals surface area contributed by atoms with E-state index in [9.17, 15) is 5.11 Å². The van der Waals surface area contributed by atoms with Gasteiger partial charge in [0.05, 0.1) is 6.10 Å². The lowest BCUT2D eigenvalue weighted by molar-refractivity contribution is 0.188. The molecule has 0 aliphatic carbocycles. The Bertz CT molecular complexity index is 452. The quantitative estimate of drug-likeness (QED) is 0.708. The van der Waals surface area contributed by atoms with Crippen molar-refractivity contribution in [2.24, 2.45) is 5.73 Å². The van der Waals surface area contributed by atoms with Crippen molar-refractivity contribution in [2.45, 2.75) is 6.10 Å². The zero-order valence-corrected chi connectivity index (χ0v) is 8.25. The van der Waals surface area contributed by atoms with Gasteiger partial charge in [-0.15, -0.1) is 0 Å². The van der Waals surface area contributed by atoms with E-state index in [1.165, 1.54) is 0 Å². The maximum atomic E-state index is 9.61. The lowest BCUT2D eigenvalue weighted by Crippen LogP contribution is -2.10. The highest BCUT2D eigenvalue weighted by atomic mass is 35.5. The summed E-state index contributed by atoms with van der Waals surface area (Å²) in [7, 11) is 0. The maximum absolute atomic E-state index is 9.61. The zero-order chi connectivity index (χ0) is 10.1. The molecule has 0 saturated carbocycles. The van der Waals surface area contributed by atoms with E-state index in [2.05, 4.69) is 4.98 Å². The van der Waals surface area contributed by atoms with Crippen LogP contribution in [0, 0.1) is 0 Å². The number of hydrogen-bond donors (Lipinski definition) is 3. The highest BCUT2D eigenvalue weighted by molar-refractivity contribution is 6.31. The van der Waals surface area contributed by atoms with Gasteiger partial charge in [0, 0.05) is 34.2 Å². The molecular weight excluding hydrogens is 200 g/mol. The molecule has 0 saturated heterocycles. The van der Waals surface area contributed by atoms with Crippen LogP contribution in [0.2, 0.25) is 5.02 Å². The van der Waals surface area contributed by atoms with E-state index in [0.717, 1.165) is 16.5 Å². The molecule has 4 N–H and O–H groups in total. The first-order valence-electron chi connectivity index (χ1n) is 4.37. The number of aromatic amines is 1. The van der Waals surface area contributed by atoms with Gasteiger partial charge >= 0.3 is 0 Å². The van der Waals surface area contributed by atoms with Crippen molar-refractivity contribution in [1.82, 2.24) is 4.98 Å². The standard InChI is InChI=1S/C10H11ClN2O/c11-6-1-2-7-8(10(14)4-12)5-13-9(7)3-6/h1-3,5,10,13-14H,4,12H2/t10-/m1/s1. The molecule has 2 aromatic rings. The molecule has 4 heteroatoms. The Labute approximate surface area is 86.5 Å². The summed E-state index contributed by atoms with van der Waals surface area (Å²) in [4.78, 5) is 3.04. The van der Waals surface area contributed by atoms with Crippen LogP contribution in [0.25, 0.3) is 10.9 Å². The van der Waals surface area contributed by atoms with Gasteiger partial charge in [0.15, 0.2) is 0 Å². The smallest absolute Gasteiger partial charge is 0.0932 e. The Morgan fingerprint density at radius 3 is 3.00 bits per heavy atom. The summed E-state index contributed by atoms with van der Waals surface area (Å²) < 4.78 is 0. The molecule has 1 atom stereocenters. The van der Waals surface area contributed by atoms with Crippen molar-refractivity contribution in [3.63, 3.8) is 0 Å². The Morgan fingerprint density at radius 1 is 1.50 bits per heavy atom. The third-order valence-corrected chi connectivity index (χ3v) is 2.49. The van der Waals surface area contributed by atoms with E-state index in [4.69, 9.17) is 17.3 Å². The highest BCUT2D eigenvalue weighted by Gasteiger charge is 2.10. The average molecular weight is 211 g/mol. The van der Waals surface area contributed by atoms with Crippen LogP contribution in [-0.2, 0) is 0 Å². The number of nitrogens with one attached hydrogen (secondary N) is 1. The predicted octanol–water partition coefficient (Wildman–Crippen LogP) is 1.81. The third kappa shape index (κ3) is 1.50. The summed E-state index contributed by atoms with van der Waals surface area (Å²) in [6, 6.07) is 5.50. The molecule has 0 amide bonds. The number of fused-ring (bicyclic) bond motifs is 1. The number of nitrogens with two attached hydrogens (primary N) is 1. The van der Waals surface area contributed by atoms with Crippen molar-refractivity contribution < 1.29 is 5.11 Å². The zero-order valence-electron chi connectivity index (χ0n) is 7.50. The Balaban J connectivity index is 2.58. The fourth-order valence-electron chi connectivity index (χ4n) is 1.52. The highest BCUT2D eigenvalue weighted by Crippen LogP contribution is 2.25. The third-order valence-electron chi connectivity index (χ3n) is 2.26. The summed E-state index contributed by atoms with van der Waals surface area (Å²) in [6.07, 6.45) is 1.14. The summed E-state index contributed by atoms with van der Waals surface area (Å²) in [5.41, 5.74) is 7.13. The molecule has 3 nitrogen and oxygen atoms in total. The molecule has 0 radical (unpaired) electrons. The molecule has 0 aliphatic heterocycles. The van der Waals surface area contributed by atoms with Gasteiger partial charge in [-0.3, -0.25) is 0 Å². The number of rotatable bonds is 2. The van der Waals surface area contributed by atoms with Crippen LogP contribution < -0.4 is 5.73 Å². The molecular formula is C10H11ClN2O. The summed E-state index contributed by atoms with van der Waals surface area (Å²) in [5, 5.41) is 11.2. The van der Waals surface area contributed by atoms with E-state index >= 15 is 0 Å². The minimum absolute atomic E-state index is 0.218. The lowest BCUT2D eigenvalue weighted by atomic mass is 10.1. The SMILES string of the molecule is NC[C@@H](O)c1c[nH]c2cc(Cl)ccc12. The van der Waals surface area contributed by atoms with Gasteiger partial charge in [0.2, 0.25) is 0 Å².